The fourth-order valence-corrected chi connectivity index (χ4v) is 2.88. The maximum Gasteiger partial charge on any atom is 0.305 e. The van der Waals surface area contributed by atoms with Crippen LogP contribution in [0.2, 0.25) is 0 Å². The molecule has 0 spiro atoms. The van der Waals surface area contributed by atoms with E-state index >= 15 is 0 Å². The van der Waals surface area contributed by atoms with Crippen molar-refractivity contribution in [1.82, 2.24) is 4.72 Å². The average molecular weight is 368 g/mol. The highest BCUT2D eigenvalue weighted by Crippen LogP contribution is 2.17. The molecule has 5 nitrogen and oxygen atoms in total. The predicted molar refractivity (Wildman–Crippen MR) is 76.0 cm³/mol. The largest absolute Gasteiger partial charge is 0.469 e. The van der Waals surface area contributed by atoms with E-state index in [-0.39, 0.29) is 25.1 Å². The minimum atomic E-state index is -3.51. The van der Waals surface area contributed by atoms with Crippen molar-refractivity contribution >= 4 is 31.9 Å². The highest BCUT2D eigenvalue weighted by Gasteiger charge is 2.12. The number of halogens is 2. The maximum absolute atomic E-state index is 13.0. The lowest BCUT2D eigenvalue weighted by molar-refractivity contribution is -0.140. The first-order valence-corrected chi connectivity index (χ1v) is 8.26. The molecule has 0 aliphatic rings. The number of benzene rings is 1. The van der Waals surface area contributed by atoms with E-state index < -0.39 is 21.8 Å². The quantitative estimate of drug-likeness (QED) is 0.747. The van der Waals surface area contributed by atoms with Crippen LogP contribution in [0, 0.1) is 5.82 Å². The summed E-state index contributed by atoms with van der Waals surface area (Å²) in [4.78, 5) is 10.9. The van der Waals surface area contributed by atoms with E-state index in [1.807, 2.05) is 0 Å². The maximum atomic E-state index is 13.0. The van der Waals surface area contributed by atoms with Crippen molar-refractivity contribution in [1.29, 1.82) is 0 Å². The van der Waals surface area contributed by atoms with Crippen LogP contribution in [-0.2, 0) is 26.1 Å². The number of hydrogen-bond donors (Lipinski definition) is 1. The molecule has 0 saturated carbocycles. The first kappa shape index (κ1) is 17.1. The smallest absolute Gasteiger partial charge is 0.305 e. The van der Waals surface area contributed by atoms with Gasteiger partial charge >= 0.3 is 5.97 Å². The van der Waals surface area contributed by atoms with Gasteiger partial charge in [0.1, 0.15) is 5.82 Å². The number of methoxy groups -OCH3 is 1. The van der Waals surface area contributed by atoms with Gasteiger partial charge in [-0.2, -0.15) is 0 Å². The predicted octanol–water partition coefficient (Wildman–Crippen LogP) is 1.96. The lowest BCUT2D eigenvalue weighted by Gasteiger charge is -2.08. The Bertz CT molecular complexity index is 577. The molecule has 0 unspecified atom stereocenters. The van der Waals surface area contributed by atoms with Gasteiger partial charge in [-0.15, -0.1) is 0 Å². The normalized spacial score (nSPS) is 11.3. The van der Waals surface area contributed by atoms with Crippen LogP contribution < -0.4 is 4.72 Å². The third-order valence-corrected chi connectivity index (χ3v) is 4.70. The molecule has 0 aromatic heterocycles. The zero-order valence-corrected chi connectivity index (χ0v) is 13.3. The molecule has 1 aromatic carbocycles. The number of carbonyl (C=O) groups excluding carboxylic acids is 1. The fourth-order valence-electron chi connectivity index (χ4n) is 1.45. The van der Waals surface area contributed by atoms with Gasteiger partial charge in [0, 0.05) is 17.4 Å². The van der Waals surface area contributed by atoms with Gasteiger partial charge in [0.15, 0.2) is 0 Å². The first-order chi connectivity index (χ1) is 9.34. The monoisotopic (exact) mass is 367 g/mol. The van der Waals surface area contributed by atoms with Crippen LogP contribution in [0.1, 0.15) is 18.4 Å². The Morgan fingerprint density at radius 3 is 2.80 bits per heavy atom. The molecule has 8 heteroatoms. The van der Waals surface area contributed by atoms with E-state index in [1.54, 1.807) is 0 Å². The van der Waals surface area contributed by atoms with Crippen LogP contribution in [0.3, 0.4) is 0 Å². The first-order valence-electron chi connectivity index (χ1n) is 5.82. The molecule has 0 aliphatic heterocycles. The van der Waals surface area contributed by atoms with Crippen molar-refractivity contribution in [2.24, 2.45) is 0 Å². The van der Waals surface area contributed by atoms with Crippen molar-refractivity contribution in [2.45, 2.75) is 19.4 Å². The molecular formula is C12H15BrFNO4S. The number of rotatable bonds is 7. The average Bonchev–Trinajstić information content (AvgIpc) is 2.39. The van der Waals surface area contributed by atoms with Gasteiger partial charge in [0.25, 0.3) is 0 Å². The lowest BCUT2D eigenvalue weighted by Crippen LogP contribution is -2.26. The second kappa shape index (κ2) is 7.70. The van der Waals surface area contributed by atoms with E-state index in [1.165, 1.54) is 25.3 Å². The Morgan fingerprint density at radius 2 is 2.15 bits per heavy atom. The molecule has 0 radical (unpaired) electrons. The molecule has 1 aromatic rings. The van der Waals surface area contributed by atoms with E-state index in [0.29, 0.717) is 10.0 Å². The zero-order chi connectivity index (χ0) is 15.2. The Labute approximate surface area is 125 Å². The van der Waals surface area contributed by atoms with Crippen LogP contribution >= 0.6 is 15.9 Å². The molecule has 0 atom stereocenters. The summed E-state index contributed by atoms with van der Waals surface area (Å²) in [6.45, 7) is -0.0150. The summed E-state index contributed by atoms with van der Waals surface area (Å²) < 4.78 is 43.8. The summed E-state index contributed by atoms with van der Waals surface area (Å²) in [5.74, 6) is -1.07. The summed E-state index contributed by atoms with van der Waals surface area (Å²) >= 11 is 3.22. The SMILES string of the molecule is COC(=O)CCCS(=O)(=O)NCc1cc(F)ccc1Br. The van der Waals surface area contributed by atoms with Crippen LogP contribution in [0.5, 0.6) is 0 Å². The van der Waals surface area contributed by atoms with Gasteiger partial charge in [-0.25, -0.2) is 17.5 Å². The van der Waals surface area contributed by atoms with Gasteiger partial charge in [-0.05, 0) is 30.2 Å². The molecule has 1 rings (SSSR count). The van der Waals surface area contributed by atoms with E-state index in [2.05, 4.69) is 25.4 Å². The lowest BCUT2D eigenvalue weighted by atomic mass is 10.2. The molecular weight excluding hydrogens is 353 g/mol. The van der Waals surface area contributed by atoms with Crippen molar-refractivity contribution in [3.63, 3.8) is 0 Å². The number of nitrogens with one attached hydrogen (secondary N) is 1. The molecule has 0 saturated heterocycles. The van der Waals surface area contributed by atoms with E-state index in [4.69, 9.17) is 0 Å². The third kappa shape index (κ3) is 5.98. The van der Waals surface area contributed by atoms with E-state index in [9.17, 15) is 17.6 Å². The molecule has 1 N–H and O–H groups in total. The fraction of sp³-hybridized carbons (Fsp3) is 0.417. The van der Waals surface area contributed by atoms with Gasteiger partial charge in [-0.1, -0.05) is 15.9 Å². The molecule has 0 bridgehead atoms. The molecule has 0 amide bonds. The molecule has 0 fully saturated rings. The number of sulfonamides is 1. The Morgan fingerprint density at radius 1 is 1.45 bits per heavy atom. The summed E-state index contributed by atoms with van der Waals surface area (Å²) in [7, 11) is -2.27. The number of hydrogen-bond acceptors (Lipinski definition) is 4. The van der Waals surface area contributed by atoms with Crippen LogP contribution in [0.15, 0.2) is 22.7 Å². The van der Waals surface area contributed by atoms with Crippen LogP contribution in [0.25, 0.3) is 0 Å². The topological polar surface area (TPSA) is 72.5 Å². The second-order valence-electron chi connectivity index (χ2n) is 4.06. The molecule has 0 heterocycles. The van der Waals surface area contributed by atoms with Crippen molar-refractivity contribution < 1.29 is 22.3 Å². The highest BCUT2D eigenvalue weighted by atomic mass is 79.9. The molecule has 112 valence electrons. The van der Waals surface area contributed by atoms with Gasteiger partial charge in [0.05, 0.1) is 12.9 Å². The minimum Gasteiger partial charge on any atom is -0.469 e. The third-order valence-electron chi connectivity index (χ3n) is 2.51. The second-order valence-corrected chi connectivity index (χ2v) is 6.84. The number of esters is 1. The summed E-state index contributed by atoms with van der Waals surface area (Å²) in [6, 6.07) is 4.04. The standard InChI is InChI=1S/C12H15BrFNO4S/c1-19-12(16)3-2-6-20(17,18)15-8-9-7-10(14)4-5-11(9)13/h4-5,7,15H,2-3,6,8H2,1H3. The Hall–Kier alpha value is -0.990. The highest BCUT2D eigenvalue weighted by molar-refractivity contribution is 9.10. The Balaban J connectivity index is 2.51. The number of carbonyl (C=O) groups is 1. The minimum absolute atomic E-state index is 0.0150. The van der Waals surface area contributed by atoms with Crippen molar-refractivity contribution in [3.05, 3.63) is 34.1 Å². The summed E-state index contributed by atoms with van der Waals surface area (Å²) in [5, 5.41) is 0. The number of ether oxygens (including phenoxy) is 1. The van der Waals surface area contributed by atoms with Crippen molar-refractivity contribution in [3.8, 4) is 0 Å². The van der Waals surface area contributed by atoms with Gasteiger partial charge in [0.2, 0.25) is 10.0 Å². The van der Waals surface area contributed by atoms with Gasteiger partial charge < -0.3 is 4.74 Å². The summed E-state index contributed by atoms with van der Waals surface area (Å²) in [6.07, 6.45) is 0.216. The van der Waals surface area contributed by atoms with Crippen molar-refractivity contribution in [2.75, 3.05) is 12.9 Å². The summed E-state index contributed by atoms with van der Waals surface area (Å²) in [5.41, 5.74) is 0.501. The Kier molecular flexibility index (Phi) is 6.57. The molecule has 0 aliphatic carbocycles. The molecule has 20 heavy (non-hydrogen) atoms. The van der Waals surface area contributed by atoms with E-state index in [0.717, 1.165) is 0 Å². The van der Waals surface area contributed by atoms with Crippen LogP contribution in [0.4, 0.5) is 4.39 Å². The van der Waals surface area contributed by atoms with Crippen LogP contribution in [-0.4, -0.2) is 27.2 Å². The zero-order valence-electron chi connectivity index (χ0n) is 10.9. The van der Waals surface area contributed by atoms with Gasteiger partial charge in [-0.3, -0.25) is 4.79 Å².